The summed E-state index contributed by atoms with van der Waals surface area (Å²) in [6.45, 7) is 3.86. The molecule has 0 aromatic rings. The van der Waals surface area contributed by atoms with Gasteiger partial charge in [0, 0.05) is 0 Å². The summed E-state index contributed by atoms with van der Waals surface area (Å²) in [6.07, 6.45) is -0.593. The molecule has 0 heterocycles. The maximum atomic E-state index is 10.3. The number of hydrogen-bond donors (Lipinski definition) is 2. The van der Waals surface area contributed by atoms with Crippen molar-refractivity contribution < 1.29 is 24.4 Å². The Hall–Kier alpha value is -0.750. The van der Waals surface area contributed by atoms with Gasteiger partial charge in [-0.2, -0.15) is 0 Å². The van der Waals surface area contributed by atoms with E-state index in [2.05, 4.69) is 0 Å². The van der Waals surface area contributed by atoms with Crippen LogP contribution in [0.4, 0.5) is 0 Å². The molecule has 5 nitrogen and oxygen atoms in total. The Morgan fingerprint density at radius 1 is 1.07 bits per heavy atom. The lowest BCUT2D eigenvalue weighted by molar-refractivity contribution is -0.143. The van der Waals surface area contributed by atoms with Crippen LogP contribution < -0.4 is 0 Å². The van der Waals surface area contributed by atoms with Crippen molar-refractivity contribution in [3.05, 3.63) is 0 Å². The Bertz CT molecular complexity index is 153. The second-order valence-corrected chi connectivity index (χ2v) is 4.34. The van der Waals surface area contributed by atoms with E-state index in [0.717, 1.165) is 11.5 Å². The van der Waals surface area contributed by atoms with Crippen molar-refractivity contribution in [2.45, 2.75) is 26.7 Å². The minimum Gasteiger partial charge on any atom is -0.616 e. The molecule has 84 valence electrons. The molecule has 14 heavy (non-hydrogen) atoms. The Balaban J connectivity index is 0. The lowest BCUT2D eigenvalue weighted by Gasteiger charge is -2.01. The van der Waals surface area contributed by atoms with Crippen molar-refractivity contribution in [1.29, 1.82) is 0 Å². The van der Waals surface area contributed by atoms with Gasteiger partial charge in [-0.3, -0.25) is 9.59 Å². The van der Waals surface area contributed by atoms with Crippen LogP contribution in [0.15, 0.2) is 0 Å². The molecule has 0 saturated carbocycles. The van der Waals surface area contributed by atoms with E-state index in [1.165, 1.54) is 0 Å². The molecular formula is C8H16O5S. The van der Waals surface area contributed by atoms with Crippen molar-refractivity contribution in [2.75, 3.05) is 11.5 Å². The highest BCUT2D eigenvalue weighted by atomic mass is 32.2. The maximum absolute atomic E-state index is 10.3. The van der Waals surface area contributed by atoms with Crippen LogP contribution in [0.5, 0.6) is 0 Å². The molecule has 0 unspecified atom stereocenters. The summed E-state index contributed by atoms with van der Waals surface area (Å²) in [4.78, 5) is 19.3. The van der Waals surface area contributed by atoms with Crippen LogP contribution >= 0.6 is 0 Å². The molecule has 2 N–H and O–H groups in total. The van der Waals surface area contributed by atoms with E-state index in [1.807, 2.05) is 13.8 Å². The SMILES string of the molecule is CC[S+]([O-])CC.O=C(O)CCC(=O)O. The van der Waals surface area contributed by atoms with Crippen molar-refractivity contribution in [1.82, 2.24) is 0 Å². The maximum Gasteiger partial charge on any atom is 0.303 e. The van der Waals surface area contributed by atoms with Crippen molar-refractivity contribution in [2.24, 2.45) is 0 Å². The topological polar surface area (TPSA) is 97.7 Å². The average Bonchev–Trinajstić information content (AvgIpc) is 2.14. The zero-order chi connectivity index (χ0) is 11.6. The number of hydrogen-bond acceptors (Lipinski definition) is 3. The number of aliphatic carboxylic acids is 2. The quantitative estimate of drug-likeness (QED) is 0.670. The Morgan fingerprint density at radius 2 is 1.36 bits per heavy atom. The highest BCUT2D eigenvalue weighted by molar-refractivity contribution is 7.91. The summed E-state index contributed by atoms with van der Waals surface area (Å²) >= 11 is -0.534. The van der Waals surface area contributed by atoms with E-state index in [0.29, 0.717) is 0 Å². The van der Waals surface area contributed by atoms with Gasteiger partial charge in [-0.1, -0.05) is 11.2 Å². The van der Waals surface area contributed by atoms with Crippen LogP contribution in [0.1, 0.15) is 26.7 Å². The average molecular weight is 224 g/mol. The van der Waals surface area contributed by atoms with Crippen molar-refractivity contribution in [3.8, 4) is 0 Å². The molecule has 0 fully saturated rings. The predicted molar refractivity (Wildman–Crippen MR) is 53.7 cm³/mol. The van der Waals surface area contributed by atoms with E-state index in [-0.39, 0.29) is 12.8 Å². The van der Waals surface area contributed by atoms with Gasteiger partial charge in [-0.15, -0.1) is 0 Å². The highest BCUT2D eigenvalue weighted by Crippen LogP contribution is 1.86. The minimum absolute atomic E-state index is 0.296. The first-order valence-electron chi connectivity index (χ1n) is 4.22. The van der Waals surface area contributed by atoms with Gasteiger partial charge in [0.1, 0.15) is 11.5 Å². The Morgan fingerprint density at radius 3 is 1.43 bits per heavy atom. The molecule has 0 amide bonds. The summed E-state index contributed by atoms with van der Waals surface area (Å²) in [5.74, 6) is -0.549. The third-order valence-corrected chi connectivity index (χ3v) is 2.48. The second-order valence-electron chi connectivity index (χ2n) is 2.30. The van der Waals surface area contributed by atoms with E-state index >= 15 is 0 Å². The fourth-order valence-corrected chi connectivity index (χ4v) is 0.826. The van der Waals surface area contributed by atoms with Crippen molar-refractivity contribution in [3.63, 3.8) is 0 Å². The molecule has 0 aromatic heterocycles. The number of carboxylic acid groups (broad SMARTS) is 2. The molecule has 0 bridgehead atoms. The molecule has 0 atom stereocenters. The lowest BCUT2D eigenvalue weighted by Crippen LogP contribution is -2.04. The summed E-state index contributed by atoms with van der Waals surface area (Å²) in [7, 11) is 0. The van der Waals surface area contributed by atoms with E-state index in [1.54, 1.807) is 0 Å². The van der Waals surface area contributed by atoms with E-state index in [4.69, 9.17) is 10.2 Å². The molecule has 6 heteroatoms. The van der Waals surface area contributed by atoms with Gasteiger partial charge in [-0.05, 0) is 13.8 Å². The van der Waals surface area contributed by atoms with Gasteiger partial charge < -0.3 is 14.8 Å². The zero-order valence-corrected chi connectivity index (χ0v) is 9.17. The first-order chi connectivity index (χ1) is 6.43. The molecule has 0 saturated heterocycles. The third kappa shape index (κ3) is 17.4. The molecular weight excluding hydrogens is 208 g/mol. The second kappa shape index (κ2) is 10.3. The van der Waals surface area contributed by atoms with Gasteiger partial charge in [0.15, 0.2) is 0 Å². The molecule has 0 aliphatic carbocycles. The van der Waals surface area contributed by atoms with E-state index in [9.17, 15) is 14.1 Å². The molecule has 0 aliphatic heterocycles. The molecule has 0 radical (unpaired) electrons. The molecule has 0 aromatic carbocycles. The summed E-state index contributed by atoms with van der Waals surface area (Å²) < 4.78 is 10.3. The standard InChI is InChI=1S/C4H6O4.C4H10OS/c5-3(6)1-2-4(7)8;1-3-6(5)4-2/h1-2H2,(H,5,6)(H,7,8);3-4H2,1-2H3. The van der Waals surface area contributed by atoms with Crippen LogP contribution in [-0.4, -0.2) is 38.2 Å². The number of rotatable bonds is 5. The largest absolute Gasteiger partial charge is 0.616 e. The smallest absolute Gasteiger partial charge is 0.303 e. The normalized spacial score (nSPS) is 9.14. The lowest BCUT2D eigenvalue weighted by atomic mass is 10.3. The summed E-state index contributed by atoms with van der Waals surface area (Å²) in [5, 5.41) is 15.8. The zero-order valence-electron chi connectivity index (χ0n) is 8.36. The Kier molecular flexibility index (Phi) is 11.6. The van der Waals surface area contributed by atoms with Gasteiger partial charge in [0.2, 0.25) is 0 Å². The van der Waals surface area contributed by atoms with Crippen LogP contribution in [0, 0.1) is 0 Å². The third-order valence-electron chi connectivity index (χ3n) is 1.20. The van der Waals surface area contributed by atoms with Crippen LogP contribution in [0.3, 0.4) is 0 Å². The molecule has 0 rings (SSSR count). The predicted octanol–water partition coefficient (Wildman–Crippen LogP) is 0.711. The van der Waals surface area contributed by atoms with Crippen LogP contribution in [0.2, 0.25) is 0 Å². The highest BCUT2D eigenvalue weighted by Gasteiger charge is 2.00. The van der Waals surface area contributed by atoms with Gasteiger partial charge in [0.05, 0.1) is 12.8 Å². The summed E-state index contributed by atoms with van der Waals surface area (Å²) in [6, 6.07) is 0. The van der Waals surface area contributed by atoms with Crippen LogP contribution in [-0.2, 0) is 20.8 Å². The van der Waals surface area contributed by atoms with Gasteiger partial charge in [-0.25, -0.2) is 0 Å². The summed E-state index contributed by atoms with van der Waals surface area (Å²) in [5.41, 5.74) is 0. The Labute approximate surface area is 86.3 Å². The van der Waals surface area contributed by atoms with Gasteiger partial charge in [0.25, 0.3) is 0 Å². The fraction of sp³-hybridized carbons (Fsp3) is 0.750. The molecule has 0 spiro atoms. The minimum atomic E-state index is -1.08. The van der Waals surface area contributed by atoms with Crippen LogP contribution in [0.25, 0.3) is 0 Å². The van der Waals surface area contributed by atoms with Crippen molar-refractivity contribution >= 4 is 23.1 Å². The fourth-order valence-electron chi connectivity index (χ4n) is 0.418. The first-order valence-corrected chi connectivity index (χ1v) is 5.71. The van der Waals surface area contributed by atoms with E-state index < -0.39 is 23.1 Å². The number of carboxylic acids is 2. The van der Waals surface area contributed by atoms with Gasteiger partial charge >= 0.3 is 11.9 Å². The number of carbonyl (C=O) groups is 2. The molecule has 0 aliphatic rings. The first kappa shape index (κ1) is 15.7. The monoisotopic (exact) mass is 224 g/mol.